The molecule has 1 aliphatic carbocycles. The molecule has 100 valence electrons. The van der Waals surface area contributed by atoms with Gasteiger partial charge >= 0.3 is 0 Å². The van der Waals surface area contributed by atoms with Crippen LogP contribution in [0.1, 0.15) is 39.5 Å². The van der Waals surface area contributed by atoms with Crippen molar-refractivity contribution in [2.75, 3.05) is 20.6 Å². The van der Waals surface area contributed by atoms with Gasteiger partial charge in [-0.2, -0.15) is 0 Å². The maximum Gasteiger partial charge on any atom is 0.206 e. The molecule has 1 rings (SSSR count). The predicted octanol–water partition coefficient (Wildman–Crippen LogP) is 0.678. The number of guanidine groups is 1. The quantitative estimate of drug-likeness (QED) is 0.293. The Hall–Kier alpha value is -0.810. The third kappa shape index (κ3) is 4.52. The molecular formula is C12H27N5. The zero-order valence-corrected chi connectivity index (χ0v) is 11.6. The molecule has 1 saturated carbocycles. The van der Waals surface area contributed by atoms with Gasteiger partial charge in [0, 0.05) is 11.6 Å². The largest absolute Gasteiger partial charge is 0.353 e. The topological polar surface area (TPSA) is 65.7 Å². The van der Waals surface area contributed by atoms with E-state index in [0.717, 1.165) is 6.54 Å². The smallest absolute Gasteiger partial charge is 0.206 e. The average molecular weight is 241 g/mol. The summed E-state index contributed by atoms with van der Waals surface area (Å²) in [5, 5.41) is 3.37. The third-order valence-electron chi connectivity index (χ3n) is 3.67. The van der Waals surface area contributed by atoms with Gasteiger partial charge in [-0.05, 0) is 40.8 Å². The van der Waals surface area contributed by atoms with E-state index in [1.807, 2.05) is 0 Å². The fraction of sp³-hybridized carbons (Fsp3) is 0.917. The number of rotatable bonds is 4. The van der Waals surface area contributed by atoms with Crippen molar-refractivity contribution in [2.24, 2.45) is 10.8 Å². The molecule has 0 heterocycles. The molecule has 0 aliphatic heterocycles. The van der Waals surface area contributed by atoms with Gasteiger partial charge in [0.05, 0.1) is 6.54 Å². The molecule has 4 N–H and O–H groups in total. The lowest BCUT2D eigenvalue weighted by molar-refractivity contribution is 0.204. The molecule has 0 atom stereocenters. The Labute approximate surface area is 105 Å². The van der Waals surface area contributed by atoms with Crippen LogP contribution in [0.15, 0.2) is 4.99 Å². The highest BCUT2D eigenvalue weighted by Crippen LogP contribution is 2.17. The van der Waals surface area contributed by atoms with E-state index in [1.165, 1.54) is 25.7 Å². The number of hydrogen-bond acceptors (Lipinski definition) is 3. The number of nitrogens with one attached hydrogen (secondary N) is 2. The minimum Gasteiger partial charge on any atom is -0.353 e. The van der Waals surface area contributed by atoms with Crippen molar-refractivity contribution in [1.29, 1.82) is 0 Å². The SMILES string of the molecule is CN(C)C(C)(C)CN=C(NN)NC1CCCC1. The molecule has 5 heteroatoms. The lowest BCUT2D eigenvalue weighted by Gasteiger charge is -2.31. The van der Waals surface area contributed by atoms with E-state index in [0.29, 0.717) is 12.0 Å². The highest BCUT2D eigenvalue weighted by atomic mass is 15.3. The van der Waals surface area contributed by atoms with Crippen molar-refractivity contribution in [3.8, 4) is 0 Å². The Kier molecular flexibility index (Phi) is 5.21. The van der Waals surface area contributed by atoms with E-state index >= 15 is 0 Å². The van der Waals surface area contributed by atoms with Crippen LogP contribution in [0, 0.1) is 0 Å². The third-order valence-corrected chi connectivity index (χ3v) is 3.67. The second-order valence-corrected chi connectivity index (χ2v) is 5.64. The van der Waals surface area contributed by atoms with Crippen LogP contribution in [-0.4, -0.2) is 43.1 Å². The molecule has 0 aromatic carbocycles. The number of hydrazine groups is 1. The van der Waals surface area contributed by atoms with Crippen molar-refractivity contribution in [3.63, 3.8) is 0 Å². The molecule has 0 spiro atoms. The first-order valence-corrected chi connectivity index (χ1v) is 6.41. The monoisotopic (exact) mass is 241 g/mol. The Morgan fingerprint density at radius 3 is 2.41 bits per heavy atom. The fourth-order valence-electron chi connectivity index (χ4n) is 1.81. The van der Waals surface area contributed by atoms with Gasteiger partial charge in [-0.3, -0.25) is 10.4 Å². The summed E-state index contributed by atoms with van der Waals surface area (Å²) in [7, 11) is 4.13. The van der Waals surface area contributed by atoms with E-state index in [9.17, 15) is 0 Å². The van der Waals surface area contributed by atoms with Crippen LogP contribution < -0.4 is 16.6 Å². The molecule has 17 heavy (non-hydrogen) atoms. The van der Waals surface area contributed by atoms with E-state index in [1.54, 1.807) is 0 Å². The van der Waals surface area contributed by atoms with Gasteiger partial charge < -0.3 is 10.2 Å². The van der Waals surface area contributed by atoms with Crippen LogP contribution in [0.5, 0.6) is 0 Å². The zero-order chi connectivity index (χ0) is 12.9. The minimum absolute atomic E-state index is 0.0411. The van der Waals surface area contributed by atoms with Crippen molar-refractivity contribution >= 4 is 5.96 Å². The van der Waals surface area contributed by atoms with E-state index in [4.69, 9.17) is 5.84 Å². The summed E-state index contributed by atoms with van der Waals surface area (Å²) in [6.07, 6.45) is 5.05. The molecule has 1 aliphatic rings. The summed E-state index contributed by atoms with van der Waals surface area (Å²) >= 11 is 0. The Morgan fingerprint density at radius 2 is 1.94 bits per heavy atom. The Balaban J connectivity index is 2.48. The van der Waals surface area contributed by atoms with E-state index in [2.05, 4.69) is 48.6 Å². The molecule has 0 amide bonds. The summed E-state index contributed by atoms with van der Waals surface area (Å²) < 4.78 is 0. The highest BCUT2D eigenvalue weighted by Gasteiger charge is 2.21. The van der Waals surface area contributed by atoms with Crippen LogP contribution in [0.25, 0.3) is 0 Å². The lowest BCUT2D eigenvalue weighted by Crippen LogP contribution is -2.47. The Morgan fingerprint density at radius 1 is 1.35 bits per heavy atom. The number of nitrogens with zero attached hydrogens (tertiary/aromatic N) is 2. The maximum atomic E-state index is 5.50. The summed E-state index contributed by atoms with van der Waals surface area (Å²) in [6, 6.07) is 0.535. The number of likely N-dealkylation sites (N-methyl/N-ethyl adjacent to an activating group) is 1. The first-order chi connectivity index (χ1) is 7.95. The van der Waals surface area contributed by atoms with Crippen molar-refractivity contribution < 1.29 is 0 Å². The lowest BCUT2D eigenvalue weighted by atomic mass is 10.1. The first-order valence-electron chi connectivity index (χ1n) is 6.41. The molecule has 0 aromatic heterocycles. The summed E-state index contributed by atoms with van der Waals surface area (Å²) in [6.45, 7) is 5.06. The number of aliphatic imine (C=N–C) groups is 1. The minimum atomic E-state index is 0.0411. The van der Waals surface area contributed by atoms with Crippen molar-refractivity contribution in [2.45, 2.75) is 51.1 Å². The molecule has 0 unspecified atom stereocenters. The van der Waals surface area contributed by atoms with Gasteiger partial charge in [-0.1, -0.05) is 12.8 Å². The van der Waals surface area contributed by atoms with Gasteiger partial charge in [0.15, 0.2) is 0 Å². The standard InChI is InChI=1S/C12H27N5/c1-12(2,17(3)4)9-14-11(16-13)15-10-7-5-6-8-10/h10H,5-9,13H2,1-4H3,(H2,14,15,16). The van der Waals surface area contributed by atoms with Crippen LogP contribution in [0.3, 0.4) is 0 Å². The summed E-state index contributed by atoms with van der Waals surface area (Å²) in [5.74, 6) is 6.21. The van der Waals surface area contributed by atoms with Gasteiger partial charge in [0.1, 0.15) is 0 Å². The fourth-order valence-corrected chi connectivity index (χ4v) is 1.81. The number of nitrogens with two attached hydrogens (primary N) is 1. The van der Waals surface area contributed by atoms with Crippen LogP contribution in [0.4, 0.5) is 0 Å². The van der Waals surface area contributed by atoms with Gasteiger partial charge in [-0.25, -0.2) is 5.84 Å². The van der Waals surface area contributed by atoms with E-state index in [-0.39, 0.29) is 5.54 Å². The molecule has 0 radical (unpaired) electrons. The van der Waals surface area contributed by atoms with Crippen LogP contribution in [0.2, 0.25) is 0 Å². The van der Waals surface area contributed by atoms with Gasteiger partial charge in [0.2, 0.25) is 5.96 Å². The summed E-state index contributed by atoms with van der Waals surface area (Å²) in [5.41, 5.74) is 2.70. The molecule has 0 aromatic rings. The summed E-state index contributed by atoms with van der Waals surface area (Å²) in [4.78, 5) is 6.69. The normalized spacial score (nSPS) is 18.8. The molecule has 0 bridgehead atoms. The predicted molar refractivity (Wildman–Crippen MR) is 72.8 cm³/mol. The van der Waals surface area contributed by atoms with Crippen LogP contribution >= 0.6 is 0 Å². The first kappa shape index (κ1) is 14.3. The number of hydrogen-bond donors (Lipinski definition) is 3. The highest BCUT2D eigenvalue weighted by molar-refractivity contribution is 5.79. The molecule has 1 fully saturated rings. The average Bonchev–Trinajstić information content (AvgIpc) is 2.76. The Bertz CT molecular complexity index is 254. The molecule has 5 nitrogen and oxygen atoms in total. The van der Waals surface area contributed by atoms with Crippen molar-refractivity contribution in [1.82, 2.24) is 15.6 Å². The second kappa shape index (κ2) is 6.21. The molecule has 0 saturated heterocycles. The second-order valence-electron chi connectivity index (χ2n) is 5.64. The molecular weight excluding hydrogens is 214 g/mol. The van der Waals surface area contributed by atoms with Gasteiger partial charge in [0.25, 0.3) is 0 Å². The van der Waals surface area contributed by atoms with E-state index < -0.39 is 0 Å². The van der Waals surface area contributed by atoms with Crippen LogP contribution in [-0.2, 0) is 0 Å². The van der Waals surface area contributed by atoms with Gasteiger partial charge in [-0.15, -0.1) is 0 Å². The van der Waals surface area contributed by atoms with Crippen molar-refractivity contribution in [3.05, 3.63) is 0 Å². The zero-order valence-electron chi connectivity index (χ0n) is 11.6. The maximum absolute atomic E-state index is 5.50.